The van der Waals surface area contributed by atoms with Gasteiger partial charge in [-0.15, -0.1) is 0 Å². The number of phosphoric ester groups is 1. The number of amides is 3. The number of nitrogens with one attached hydrogen (secondary N) is 2. The molecule has 1 heterocycles. The van der Waals surface area contributed by atoms with E-state index in [2.05, 4.69) is 47.8 Å². The van der Waals surface area contributed by atoms with Crippen LogP contribution in [0.1, 0.15) is 77.3 Å². The summed E-state index contributed by atoms with van der Waals surface area (Å²) in [6, 6.07) is 12.5. The second-order valence-corrected chi connectivity index (χ2v) is 14.3. The largest absolute Gasteiger partial charge is 0.469 e. The highest BCUT2D eigenvalue weighted by Crippen LogP contribution is 2.37. The van der Waals surface area contributed by atoms with Gasteiger partial charge in [-0.2, -0.15) is 0 Å². The third-order valence-corrected chi connectivity index (χ3v) is 8.40. The van der Waals surface area contributed by atoms with E-state index in [1.54, 1.807) is 0 Å². The molecular weight excluding hydrogens is 639 g/mol. The maximum atomic E-state index is 13.2. The van der Waals surface area contributed by atoms with Crippen molar-refractivity contribution < 1.29 is 42.7 Å². The molecule has 13 nitrogen and oxygen atoms in total. The highest BCUT2D eigenvalue weighted by atomic mass is 31.2. The van der Waals surface area contributed by atoms with Gasteiger partial charge >= 0.3 is 25.9 Å². The summed E-state index contributed by atoms with van der Waals surface area (Å²) in [7, 11) is -4.67. The molecule has 1 aliphatic rings. The van der Waals surface area contributed by atoms with Crippen molar-refractivity contribution in [1.82, 2.24) is 4.90 Å². The molecule has 266 valence electrons. The van der Waals surface area contributed by atoms with Crippen LogP contribution in [0.5, 0.6) is 0 Å². The maximum absolute atomic E-state index is 13.2. The molecule has 0 saturated carbocycles. The normalized spacial score (nSPS) is 15.4. The van der Waals surface area contributed by atoms with Gasteiger partial charge in [0.05, 0.1) is 30.4 Å². The van der Waals surface area contributed by atoms with Crippen molar-refractivity contribution in [3.63, 3.8) is 0 Å². The Kier molecular flexibility index (Phi) is 14.7. The number of rotatable bonds is 16. The molecule has 48 heavy (non-hydrogen) atoms. The van der Waals surface area contributed by atoms with Crippen LogP contribution in [0.4, 0.5) is 26.7 Å². The van der Waals surface area contributed by atoms with Crippen LogP contribution in [0.15, 0.2) is 42.5 Å². The quantitative estimate of drug-likeness (QED) is 0.0831. The van der Waals surface area contributed by atoms with E-state index in [1.165, 1.54) is 4.90 Å². The van der Waals surface area contributed by atoms with Gasteiger partial charge in [0.25, 0.3) is 0 Å². The Morgan fingerprint density at radius 3 is 2.27 bits per heavy atom. The minimum absolute atomic E-state index is 0.0204. The van der Waals surface area contributed by atoms with Crippen LogP contribution in [0.2, 0.25) is 0 Å². The molecule has 1 aliphatic heterocycles. The Balaban J connectivity index is 1.70. The van der Waals surface area contributed by atoms with Gasteiger partial charge in [-0.3, -0.25) is 9.32 Å². The number of anilines is 3. The molecular formula is C34H51N4O9P. The lowest BCUT2D eigenvalue weighted by Crippen LogP contribution is -2.38. The van der Waals surface area contributed by atoms with Crippen molar-refractivity contribution >= 4 is 43.0 Å². The zero-order valence-corrected chi connectivity index (χ0v) is 29.7. The van der Waals surface area contributed by atoms with Crippen molar-refractivity contribution in [1.29, 1.82) is 0 Å². The van der Waals surface area contributed by atoms with E-state index in [0.717, 1.165) is 29.9 Å². The fourth-order valence-corrected chi connectivity index (χ4v) is 6.04. The minimum atomic E-state index is -4.67. The number of hydrogen-bond acceptors (Lipinski definition) is 8. The Bertz CT molecular complexity index is 1400. The van der Waals surface area contributed by atoms with Crippen LogP contribution in [-0.4, -0.2) is 71.9 Å². The lowest BCUT2D eigenvalue weighted by Gasteiger charge is -2.31. The molecule has 1 saturated heterocycles. The van der Waals surface area contributed by atoms with Crippen molar-refractivity contribution in [3.05, 3.63) is 53.6 Å². The Morgan fingerprint density at radius 1 is 1.00 bits per heavy atom. The zero-order valence-electron chi connectivity index (χ0n) is 28.8. The van der Waals surface area contributed by atoms with Crippen LogP contribution >= 0.6 is 7.82 Å². The van der Waals surface area contributed by atoms with E-state index < -0.39 is 32.7 Å². The molecule has 2 aromatic carbocycles. The predicted molar refractivity (Wildman–Crippen MR) is 185 cm³/mol. The predicted octanol–water partition coefficient (Wildman–Crippen LogP) is 6.85. The lowest BCUT2D eigenvalue weighted by atomic mass is 9.92. The summed E-state index contributed by atoms with van der Waals surface area (Å²) in [6.45, 7) is 13.5. The number of hydrogen-bond donors (Lipinski definition) is 4. The molecule has 2 atom stereocenters. The molecule has 0 unspecified atom stereocenters. The van der Waals surface area contributed by atoms with Crippen LogP contribution in [0.3, 0.4) is 0 Å². The van der Waals surface area contributed by atoms with E-state index >= 15 is 0 Å². The Hall–Kier alpha value is -3.64. The fraction of sp³-hybridized carbons (Fsp3) is 0.559. The number of likely N-dealkylation sites (tertiary alicyclic amines) is 1. The van der Waals surface area contributed by atoms with E-state index in [4.69, 9.17) is 19.3 Å². The first kappa shape index (κ1) is 38.8. The lowest BCUT2D eigenvalue weighted by molar-refractivity contribution is -0.153. The first-order valence-electron chi connectivity index (χ1n) is 16.5. The summed E-state index contributed by atoms with van der Waals surface area (Å²) in [6.07, 6.45) is 1.00. The third-order valence-electron chi connectivity index (χ3n) is 7.92. The van der Waals surface area contributed by atoms with E-state index in [0.29, 0.717) is 49.0 Å². The number of benzene rings is 2. The first-order valence-corrected chi connectivity index (χ1v) is 18.0. The van der Waals surface area contributed by atoms with Gasteiger partial charge in [0.1, 0.15) is 0 Å². The van der Waals surface area contributed by atoms with Gasteiger partial charge in [0.15, 0.2) is 0 Å². The number of ether oxygens (including phenoxy) is 2. The molecule has 0 bridgehead atoms. The molecule has 2 aromatic rings. The maximum Gasteiger partial charge on any atom is 0.469 e. The molecule has 0 aromatic heterocycles. The smallest absolute Gasteiger partial charge is 0.428 e. The number of esters is 1. The molecule has 3 amide bonds. The van der Waals surface area contributed by atoms with Crippen molar-refractivity contribution in [2.45, 2.75) is 79.2 Å². The van der Waals surface area contributed by atoms with Gasteiger partial charge in [-0.25, -0.2) is 14.2 Å². The Labute approximate surface area is 283 Å². The topological polar surface area (TPSA) is 167 Å². The number of aryl methyl sites for hydroxylation is 1. The monoisotopic (exact) mass is 690 g/mol. The van der Waals surface area contributed by atoms with Gasteiger partial charge in [-0.05, 0) is 73.8 Å². The van der Waals surface area contributed by atoms with E-state index in [-0.39, 0.29) is 25.0 Å². The highest BCUT2D eigenvalue weighted by molar-refractivity contribution is 7.46. The highest BCUT2D eigenvalue weighted by Gasteiger charge is 2.32. The first-order chi connectivity index (χ1) is 22.6. The van der Waals surface area contributed by atoms with Crippen LogP contribution in [-0.2, 0) is 23.4 Å². The fourth-order valence-electron chi connectivity index (χ4n) is 5.68. The average molecular weight is 691 g/mol. The summed E-state index contributed by atoms with van der Waals surface area (Å²) in [5.41, 5.74) is 4.11. The molecule has 4 N–H and O–H groups in total. The molecule has 1 fully saturated rings. The zero-order chi connectivity index (χ0) is 35.4. The molecule has 0 radical (unpaired) electrons. The standard InChI is InChI=1S/C34H51N4O9P/c1-7-26(18-32(39)45-22-46-34(41)38-16-8-9-29(38)21-47-48(42,43)44)27-12-15-31(37(19-23(2)3)20-24(4)5)30(17-27)36-33(40)35-28-13-10-25(6)11-14-28/h10-15,17,23-24,26,29H,7-9,16,18-22H2,1-6H3,(H2,35,36,40)(H2,42,43,44)/t26-,29-/m0/s1. The molecule has 3 rings (SSSR count). The third kappa shape index (κ3) is 12.8. The minimum Gasteiger partial charge on any atom is -0.428 e. The number of carbonyl (C=O) groups is 3. The molecule has 0 spiro atoms. The number of phosphoric acid groups is 1. The van der Waals surface area contributed by atoms with Crippen LogP contribution in [0.25, 0.3) is 0 Å². The Morgan fingerprint density at radius 2 is 1.67 bits per heavy atom. The van der Waals surface area contributed by atoms with E-state index in [1.807, 2.05) is 56.3 Å². The van der Waals surface area contributed by atoms with Gasteiger partial charge < -0.3 is 39.7 Å². The van der Waals surface area contributed by atoms with Crippen LogP contribution < -0.4 is 15.5 Å². The second-order valence-electron chi connectivity index (χ2n) is 13.0. The van der Waals surface area contributed by atoms with E-state index in [9.17, 15) is 18.9 Å². The average Bonchev–Trinajstić information content (AvgIpc) is 3.48. The van der Waals surface area contributed by atoms with Crippen molar-refractivity contribution in [2.75, 3.05) is 48.6 Å². The van der Waals surface area contributed by atoms with Gasteiger partial charge in [0.2, 0.25) is 6.79 Å². The SMILES string of the molecule is CC[C@@H](CC(=O)OCOC(=O)N1CCC[C@H]1COP(=O)(O)O)c1ccc(N(CC(C)C)CC(C)C)c(NC(=O)Nc2ccc(C)cc2)c1. The summed E-state index contributed by atoms with van der Waals surface area (Å²) < 4.78 is 26.0. The number of nitrogens with zero attached hydrogens (tertiary/aromatic N) is 2. The van der Waals surface area contributed by atoms with Gasteiger partial charge in [-0.1, -0.05) is 58.4 Å². The van der Waals surface area contributed by atoms with Gasteiger partial charge in [0, 0.05) is 25.3 Å². The summed E-state index contributed by atoms with van der Waals surface area (Å²) in [5, 5.41) is 5.94. The number of carbonyl (C=O) groups excluding carboxylic acids is 3. The summed E-state index contributed by atoms with van der Waals surface area (Å²) >= 11 is 0. The summed E-state index contributed by atoms with van der Waals surface area (Å²) in [4.78, 5) is 60.1. The van der Waals surface area contributed by atoms with Crippen LogP contribution in [0, 0.1) is 18.8 Å². The second kappa shape index (κ2) is 18.2. The number of urea groups is 1. The molecule has 14 heteroatoms. The van der Waals surface area contributed by atoms with Crippen molar-refractivity contribution in [2.24, 2.45) is 11.8 Å². The summed E-state index contributed by atoms with van der Waals surface area (Å²) in [5.74, 6) is -0.0302. The van der Waals surface area contributed by atoms with Crippen molar-refractivity contribution in [3.8, 4) is 0 Å². The molecule has 0 aliphatic carbocycles.